The van der Waals surface area contributed by atoms with Gasteiger partial charge in [-0.15, -0.1) is 0 Å². The monoisotopic (exact) mass is 422 g/mol. The number of fused-ring (bicyclic) bond motifs is 2. The van der Waals surface area contributed by atoms with Gasteiger partial charge in [0.2, 0.25) is 0 Å². The maximum atomic E-state index is 12.4. The van der Waals surface area contributed by atoms with E-state index in [0.29, 0.717) is 5.57 Å². The Morgan fingerprint density at radius 3 is 2.47 bits per heavy atom. The van der Waals surface area contributed by atoms with Crippen LogP contribution in [0.4, 0.5) is 0 Å². The van der Waals surface area contributed by atoms with E-state index in [-0.39, 0.29) is 12.0 Å². The quantitative estimate of drug-likeness (QED) is 0.397. The van der Waals surface area contributed by atoms with Crippen LogP contribution >= 0.6 is 0 Å². The third kappa shape index (κ3) is 3.26. The summed E-state index contributed by atoms with van der Waals surface area (Å²) in [6.07, 6.45) is -2.99. The molecular formula is C22H30O8. The second kappa shape index (κ2) is 7.81. The van der Waals surface area contributed by atoms with Crippen LogP contribution in [0.1, 0.15) is 41.0 Å². The highest BCUT2D eigenvalue weighted by Crippen LogP contribution is 2.58. The van der Waals surface area contributed by atoms with E-state index in [1.54, 1.807) is 33.8 Å². The lowest BCUT2D eigenvalue weighted by atomic mass is 9.67. The van der Waals surface area contributed by atoms with Crippen molar-refractivity contribution in [2.24, 2.45) is 23.2 Å². The molecule has 0 aromatic heterocycles. The molecule has 3 rings (SSSR count). The number of carbonyl (C=O) groups excluding carboxylic acids is 3. The normalized spacial score (nSPS) is 43.4. The molecule has 0 aromatic carbocycles. The van der Waals surface area contributed by atoms with Gasteiger partial charge in [-0.25, -0.2) is 9.59 Å². The number of hydrogen-bond acceptors (Lipinski definition) is 8. The highest BCUT2D eigenvalue weighted by Gasteiger charge is 2.67. The van der Waals surface area contributed by atoms with Crippen LogP contribution < -0.4 is 0 Å². The Hall–Kier alpha value is -2.19. The summed E-state index contributed by atoms with van der Waals surface area (Å²) < 4.78 is 16.7. The van der Waals surface area contributed by atoms with Gasteiger partial charge in [0.1, 0.15) is 18.3 Å². The maximum Gasteiger partial charge on any atom is 0.334 e. The molecule has 8 nitrogen and oxygen atoms in total. The van der Waals surface area contributed by atoms with Crippen molar-refractivity contribution in [3.63, 3.8) is 0 Å². The smallest absolute Gasteiger partial charge is 0.334 e. The Morgan fingerprint density at radius 1 is 1.27 bits per heavy atom. The van der Waals surface area contributed by atoms with Gasteiger partial charge in [-0.2, -0.15) is 0 Å². The standard InChI is InChI=1S/C22H30O8/c1-7-9(2)20(26)29-13-8-14(24)22(6)16(13)11(4)17(28-12(5)23)18-15(19(22)25)10(3)21(27)30-18/h7,11,13-19,24-25H,3,8H2,1-2,4-6H3. The Kier molecular flexibility index (Phi) is 5.86. The summed E-state index contributed by atoms with van der Waals surface area (Å²) >= 11 is 0. The molecule has 1 heterocycles. The van der Waals surface area contributed by atoms with E-state index in [4.69, 9.17) is 14.2 Å². The molecule has 0 amide bonds. The summed E-state index contributed by atoms with van der Waals surface area (Å²) in [6.45, 7) is 11.9. The summed E-state index contributed by atoms with van der Waals surface area (Å²) in [4.78, 5) is 36.5. The zero-order chi connectivity index (χ0) is 22.5. The van der Waals surface area contributed by atoms with E-state index in [9.17, 15) is 24.6 Å². The van der Waals surface area contributed by atoms with Crippen LogP contribution in [0.2, 0.25) is 0 Å². The molecular weight excluding hydrogens is 392 g/mol. The van der Waals surface area contributed by atoms with Crippen molar-refractivity contribution in [1.82, 2.24) is 0 Å². The fraction of sp³-hybridized carbons (Fsp3) is 0.682. The molecule has 1 saturated heterocycles. The van der Waals surface area contributed by atoms with Crippen molar-refractivity contribution in [3.05, 3.63) is 23.8 Å². The predicted octanol–water partition coefficient (Wildman–Crippen LogP) is 1.29. The molecule has 2 N–H and O–H groups in total. The van der Waals surface area contributed by atoms with Crippen LogP contribution in [0.15, 0.2) is 23.8 Å². The summed E-state index contributed by atoms with van der Waals surface area (Å²) in [6, 6.07) is 0. The molecule has 2 saturated carbocycles. The highest BCUT2D eigenvalue weighted by atomic mass is 16.6. The molecule has 1 aliphatic heterocycles. The topological polar surface area (TPSA) is 119 Å². The first-order chi connectivity index (χ1) is 13.9. The Labute approximate surface area is 175 Å². The average molecular weight is 422 g/mol. The number of ether oxygens (including phenoxy) is 3. The van der Waals surface area contributed by atoms with Crippen molar-refractivity contribution in [3.8, 4) is 0 Å². The van der Waals surface area contributed by atoms with Gasteiger partial charge in [0.25, 0.3) is 0 Å². The summed E-state index contributed by atoms with van der Waals surface area (Å²) in [7, 11) is 0. The van der Waals surface area contributed by atoms with Gasteiger partial charge in [-0.3, -0.25) is 4.79 Å². The van der Waals surface area contributed by atoms with Crippen molar-refractivity contribution in [2.75, 3.05) is 0 Å². The lowest BCUT2D eigenvalue weighted by Crippen LogP contribution is -2.49. The number of aliphatic hydroxyl groups is 2. The van der Waals surface area contributed by atoms with E-state index in [1.165, 1.54) is 6.92 Å². The molecule has 0 spiro atoms. The van der Waals surface area contributed by atoms with E-state index in [2.05, 4.69) is 6.58 Å². The molecule has 0 aromatic rings. The first-order valence-electron chi connectivity index (χ1n) is 10.2. The first-order valence-corrected chi connectivity index (χ1v) is 10.2. The van der Waals surface area contributed by atoms with Crippen molar-refractivity contribution in [2.45, 2.75) is 71.6 Å². The molecule has 166 valence electrons. The fourth-order valence-corrected chi connectivity index (χ4v) is 5.52. The average Bonchev–Trinajstić information content (AvgIpc) is 3.09. The van der Waals surface area contributed by atoms with E-state index in [0.717, 1.165) is 0 Å². The van der Waals surface area contributed by atoms with Gasteiger partial charge in [-0.05, 0) is 13.8 Å². The van der Waals surface area contributed by atoms with Crippen LogP contribution in [0, 0.1) is 23.2 Å². The highest BCUT2D eigenvalue weighted by molar-refractivity contribution is 5.91. The lowest BCUT2D eigenvalue weighted by molar-refractivity contribution is -0.169. The molecule has 8 heteroatoms. The number of carbonyl (C=O) groups is 3. The number of allylic oxidation sites excluding steroid dienone is 1. The third-order valence-electron chi connectivity index (χ3n) is 7.26. The second-order valence-electron chi connectivity index (χ2n) is 8.86. The Morgan fingerprint density at radius 2 is 1.90 bits per heavy atom. The van der Waals surface area contributed by atoms with E-state index in [1.807, 2.05) is 0 Å². The van der Waals surface area contributed by atoms with Gasteiger partial charge >= 0.3 is 17.9 Å². The van der Waals surface area contributed by atoms with E-state index < -0.39 is 71.6 Å². The Bertz CT molecular complexity index is 801. The minimum absolute atomic E-state index is 0.0798. The van der Waals surface area contributed by atoms with Gasteiger partial charge in [-0.1, -0.05) is 26.5 Å². The first kappa shape index (κ1) is 22.5. The number of esters is 3. The number of rotatable bonds is 3. The zero-order valence-corrected chi connectivity index (χ0v) is 18.0. The number of hydrogen-bond donors (Lipinski definition) is 2. The molecule has 0 bridgehead atoms. The predicted molar refractivity (Wildman–Crippen MR) is 105 cm³/mol. The molecule has 30 heavy (non-hydrogen) atoms. The SMILES string of the molecule is C=C1C(=O)OC2C(OC(C)=O)C(C)C3C(OC(=O)C(C)=CC)CC(O)C3(C)C(O)C12. The minimum Gasteiger partial charge on any atom is -0.459 e. The van der Waals surface area contributed by atoms with Gasteiger partial charge in [0.05, 0.1) is 18.1 Å². The lowest BCUT2D eigenvalue weighted by Gasteiger charge is -2.41. The van der Waals surface area contributed by atoms with Crippen LogP contribution in [-0.4, -0.2) is 58.6 Å². The van der Waals surface area contributed by atoms with Gasteiger partial charge in [0, 0.05) is 41.7 Å². The largest absolute Gasteiger partial charge is 0.459 e. The molecule has 3 aliphatic rings. The van der Waals surface area contributed by atoms with Crippen molar-refractivity contribution < 1.29 is 38.8 Å². The molecule has 3 fully saturated rings. The van der Waals surface area contributed by atoms with Gasteiger partial charge in [0.15, 0.2) is 0 Å². The third-order valence-corrected chi connectivity index (χ3v) is 7.26. The second-order valence-corrected chi connectivity index (χ2v) is 8.86. The van der Waals surface area contributed by atoms with Crippen molar-refractivity contribution >= 4 is 17.9 Å². The van der Waals surface area contributed by atoms with Crippen LogP contribution in [0.3, 0.4) is 0 Å². The van der Waals surface area contributed by atoms with Gasteiger partial charge < -0.3 is 24.4 Å². The molecule has 0 radical (unpaired) electrons. The maximum absolute atomic E-state index is 12.4. The summed E-state index contributed by atoms with van der Waals surface area (Å²) in [5.41, 5.74) is -0.630. The number of aliphatic hydroxyl groups excluding tert-OH is 2. The van der Waals surface area contributed by atoms with Crippen molar-refractivity contribution in [1.29, 1.82) is 0 Å². The Balaban J connectivity index is 2.08. The molecule has 9 atom stereocenters. The fourth-order valence-electron chi connectivity index (χ4n) is 5.52. The minimum atomic E-state index is -1.21. The molecule has 9 unspecified atom stereocenters. The summed E-state index contributed by atoms with van der Waals surface area (Å²) in [5, 5.41) is 22.4. The van der Waals surface area contributed by atoms with E-state index >= 15 is 0 Å². The van der Waals surface area contributed by atoms with Crippen LogP contribution in [-0.2, 0) is 28.6 Å². The van der Waals surface area contributed by atoms with Crippen LogP contribution in [0.25, 0.3) is 0 Å². The van der Waals surface area contributed by atoms with Crippen LogP contribution in [0.5, 0.6) is 0 Å². The summed E-state index contributed by atoms with van der Waals surface area (Å²) in [5.74, 6) is -3.60. The molecule has 2 aliphatic carbocycles. The zero-order valence-electron chi connectivity index (χ0n) is 18.0.